The molecule has 3 amide bonds. The number of carbonyl (C=O) groups excluding carboxylic acids is 2. The molecule has 0 spiro atoms. The Morgan fingerprint density at radius 2 is 1.52 bits per heavy atom. The summed E-state index contributed by atoms with van der Waals surface area (Å²) in [6.07, 6.45) is 0. The van der Waals surface area contributed by atoms with Crippen molar-refractivity contribution in [2.45, 2.75) is 0 Å². The van der Waals surface area contributed by atoms with Crippen LogP contribution in [-0.4, -0.2) is 62.1 Å². The smallest absolute Gasteiger partial charge is 0.321 e. The lowest BCUT2D eigenvalue weighted by atomic mass is 10.1. The highest BCUT2D eigenvalue weighted by Gasteiger charge is 2.25. The summed E-state index contributed by atoms with van der Waals surface area (Å²) in [5, 5.41) is 3.59. The zero-order valence-electron chi connectivity index (χ0n) is 16.1. The molecule has 9 heteroatoms. The maximum Gasteiger partial charge on any atom is 0.321 e. The lowest BCUT2D eigenvalue weighted by molar-refractivity contribution is 0.0671. The van der Waals surface area contributed by atoms with Crippen molar-refractivity contribution in [3.8, 4) is 11.5 Å². The SMILES string of the molecule is COc1ccc(C(=O)N2CCN(C(=O)Nc3ccc(Cl)c(Cl)c3)CC2)cc1OC. The average molecular weight is 438 g/mol. The van der Waals surface area contributed by atoms with Crippen LogP contribution in [0.4, 0.5) is 10.5 Å². The molecular formula is C20H21Cl2N3O4. The van der Waals surface area contributed by atoms with Gasteiger partial charge in [0.25, 0.3) is 5.91 Å². The monoisotopic (exact) mass is 437 g/mol. The fraction of sp³-hybridized carbons (Fsp3) is 0.300. The molecule has 0 saturated carbocycles. The van der Waals surface area contributed by atoms with Crippen molar-refractivity contribution in [3.05, 3.63) is 52.0 Å². The largest absolute Gasteiger partial charge is 0.493 e. The second-order valence-corrected chi connectivity index (χ2v) is 7.22. The highest BCUT2D eigenvalue weighted by molar-refractivity contribution is 6.42. The zero-order chi connectivity index (χ0) is 21.0. The summed E-state index contributed by atoms with van der Waals surface area (Å²) >= 11 is 11.9. The molecule has 0 bridgehead atoms. The minimum atomic E-state index is -0.249. The van der Waals surface area contributed by atoms with Gasteiger partial charge >= 0.3 is 6.03 Å². The topological polar surface area (TPSA) is 71.1 Å². The van der Waals surface area contributed by atoms with Gasteiger partial charge in [0.05, 0.1) is 24.3 Å². The van der Waals surface area contributed by atoms with Crippen molar-refractivity contribution in [3.63, 3.8) is 0 Å². The molecule has 1 aliphatic rings. The molecule has 1 aliphatic heterocycles. The van der Waals surface area contributed by atoms with Crippen LogP contribution in [0.5, 0.6) is 11.5 Å². The van der Waals surface area contributed by atoms with Crippen LogP contribution in [0.25, 0.3) is 0 Å². The van der Waals surface area contributed by atoms with Gasteiger partial charge in [-0.05, 0) is 36.4 Å². The Morgan fingerprint density at radius 3 is 2.14 bits per heavy atom. The third-order valence-corrected chi connectivity index (χ3v) is 5.39. The lowest BCUT2D eigenvalue weighted by Gasteiger charge is -2.34. The maximum atomic E-state index is 12.8. The minimum Gasteiger partial charge on any atom is -0.493 e. The number of carbonyl (C=O) groups is 2. The van der Waals surface area contributed by atoms with Crippen molar-refractivity contribution < 1.29 is 19.1 Å². The second-order valence-electron chi connectivity index (χ2n) is 6.41. The molecule has 1 saturated heterocycles. The van der Waals surface area contributed by atoms with E-state index in [-0.39, 0.29) is 11.9 Å². The summed E-state index contributed by atoms with van der Waals surface area (Å²) in [6.45, 7) is 1.71. The molecule has 2 aromatic rings. The molecule has 0 aliphatic carbocycles. The maximum absolute atomic E-state index is 12.8. The number of nitrogens with zero attached hydrogens (tertiary/aromatic N) is 2. The number of methoxy groups -OCH3 is 2. The van der Waals surface area contributed by atoms with E-state index in [0.29, 0.717) is 59.0 Å². The standard InChI is InChI=1S/C20H21Cl2N3O4/c1-28-17-6-3-13(11-18(17)29-2)19(26)24-7-9-25(10-8-24)20(27)23-14-4-5-15(21)16(22)12-14/h3-6,11-12H,7-10H2,1-2H3,(H,23,27). The van der Waals surface area contributed by atoms with Crippen molar-refractivity contribution in [1.29, 1.82) is 0 Å². The number of nitrogens with one attached hydrogen (secondary N) is 1. The van der Waals surface area contributed by atoms with Crippen LogP contribution in [0.2, 0.25) is 10.0 Å². The molecule has 1 fully saturated rings. The van der Waals surface area contributed by atoms with Gasteiger partial charge in [-0.15, -0.1) is 0 Å². The third-order valence-electron chi connectivity index (χ3n) is 4.66. The molecule has 154 valence electrons. The molecule has 0 atom stereocenters. The first-order valence-electron chi connectivity index (χ1n) is 8.95. The van der Waals surface area contributed by atoms with E-state index in [1.54, 1.807) is 53.3 Å². The number of rotatable bonds is 4. The summed E-state index contributed by atoms with van der Waals surface area (Å²) in [5.41, 5.74) is 1.07. The minimum absolute atomic E-state index is 0.115. The molecule has 7 nitrogen and oxygen atoms in total. The number of benzene rings is 2. The number of piperazine rings is 1. The Kier molecular flexibility index (Phi) is 6.71. The van der Waals surface area contributed by atoms with Crippen molar-refractivity contribution in [2.75, 3.05) is 45.7 Å². The Labute approximate surface area is 179 Å². The van der Waals surface area contributed by atoms with Gasteiger partial charge < -0.3 is 24.6 Å². The van der Waals surface area contributed by atoms with E-state index in [1.165, 1.54) is 7.11 Å². The van der Waals surface area contributed by atoms with Gasteiger partial charge in [-0.25, -0.2) is 4.79 Å². The third kappa shape index (κ3) is 4.86. The summed E-state index contributed by atoms with van der Waals surface area (Å²) in [5.74, 6) is 0.946. The van der Waals surface area contributed by atoms with Crippen molar-refractivity contribution >= 4 is 40.8 Å². The Balaban J connectivity index is 1.59. The molecular weight excluding hydrogens is 417 g/mol. The first-order chi connectivity index (χ1) is 13.9. The van der Waals surface area contributed by atoms with Gasteiger partial charge in [-0.3, -0.25) is 4.79 Å². The molecule has 0 unspecified atom stereocenters. The van der Waals surface area contributed by atoms with E-state index >= 15 is 0 Å². The molecule has 3 rings (SSSR count). The predicted molar refractivity (Wildman–Crippen MR) is 113 cm³/mol. The fourth-order valence-electron chi connectivity index (χ4n) is 3.04. The van der Waals surface area contributed by atoms with Gasteiger partial charge in [0.1, 0.15) is 0 Å². The van der Waals surface area contributed by atoms with Gasteiger partial charge in [-0.2, -0.15) is 0 Å². The van der Waals surface area contributed by atoms with E-state index in [2.05, 4.69) is 5.32 Å². The Bertz CT molecular complexity index is 915. The van der Waals surface area contributed by atoms with Crippen LogP contribution in [0.15, 0.2) is 36.4 Å². The molecule has 1 heterocycles. The molecule has 0 aromatic heterocycles. The quantitative estimate of drug-likeness (QED) is 0.784. The number of halogens is 2. The first-order valence-corrected chi connectivity index (χ1v) is 9.71. The van der Waals surface area contributed by atoms with Crippen LogP contribution < -0.4 is 14.8 Å². The van der Waals surface area contributed by atoms with Gasteiger partial charge in [-0.1, -0.05) is 23.2 Å². The summed E-state index contributed by atoms with van der Waals surface area (Å²) in [6, 6.07) is 9.72. The molecule has 0 radical (unpaired) electrons. The summed E-state index contributed by atoms with van der Waals surface area (Å²) < 4.78 is 10.5. The van der Waals surface area contributed by atoms with Crippen LogP contribution in [0, 0.1) is 0 Å². The Morgan fingerprint density at radius 1 is 0.862 bits per heavy atom. The summed E-state index contributed by atoms with van der Waals surface area (Å²) in [4.78, 5) is 28.6. The second kappa shape index (κ2) is 9.24. The average Bonchev–Trinajstić information content (AvgIpc) is 2.75. The van der Waals surface area contributed by atoms with Gasteiger partial charge in [0.15, 0.2) is 11.5 Å². The first kappa shape index (κ1) is 21.1. The number of hydrogen-bond donors (Lipinski definition) is 1. The van der Waals surface area contributed by atoms with Gasteiger partial charge in [0.2, 0.25) is 0 Å². The fourth-order valence-corrected chi connectivity index (χ4v) is 3.34. The lowest BCUT2D eigenvalue weighted by Crippen LogP contribution is -2.51. The number of amides is 3. The Hall–Kier alpha value is -2.64. The molecule has 1 N–H and O–H groups in total. The van der Waals surface area contributed by atoms with E-state index in [4.69, 9.17) is 32.7 Å². The van der Waals surface area contributed by atoms with E-state index in [9.17, 15) is 9.59 Å². The highest BCUT2D eigenvalue weighted by Crippen LogP contribution is 2.28. The van der Waals surface area contributed by atoms with Crippen LogP contribution in [-0.2, 0) is 0 Å². The van der Waals surface area contributed by atoms with Crippen molar-refractivity contribution in [2.24, 2.45) is 0 Å². The molecule has 29 heavy (non-hydrogen) atoms. The van der Waals surface area contributed by atoms with E-state index < -0.39 is 0 Å². The summed E-state index contributed by atoms with van der Waals surface area (Å²) in [7, 11) is 3.07. The van der Waals surface area contributed by atoms with Crippen LogP contribution in [0.3, 0.4) is 0 Å². The van der Waals surface area contributed by atoms with Crippen molar-refractivity contribution in [1.82, 2.24) is 9.80 Å². The zero-order valence-corrected chi connectivity index (χ0v) is 17.6. The predicted octanol–water partition coefficient (Wildman–Crippen LogP) is 4.00. The van der Waals surface area contributed by atoms with Crippen LogP contribution in [0.1, 0.15) is 10.4 Å². The number of hydrogen-bond acceptors (Lipinski definition) is 4. The number of ether oxygens (including phenoxy) is 2. The van der Waals surface area contributed by atoms with Gasteiger partial charge in [0, 0.05) is 37.4 Å². The van der Waals surface area contributed by atoms with Crippen LogP contribution >= 0.6 is 23.2 Å². The number of urea groups is 1. The number of anilines is 1. The molecule has 2 aromatic carbocycles. The van der Waals surface area contributed by atoms with E-state index in [1.807, 2.05) is 0 Å². The normalized spacial score (nSPS) is 13.8. The van der Waals surface area contributed by atoms with E-state index in [0.717, 1.165) is 0 Å². The highest BCUT2D eigenvalue weighted by atomic mass is 35.5.